The molecule has 4 unspecified atom stereocenters. The van der Waals surface area contributed by atoms with E-state index in [-0.39, 0.29) is 0 Å². The van der Waals surface area contributed by atoms with Crippen molar-refractivity contribution in [1.82, 2.24) is 10.2 Å². The fourth-order valence-corrected chi connectivity index (χ4v) is 4.15. The number of nitrogens with one attached hydrogen (secondary N) is 1. The predicted octanol–water partition coefficient (Wildman–Crippen LogP) is 0.968. The molecule has 94 valence electrons. The van der Waals surface area contributed by atoms with E-state index in [1.54, 1.807) is 6.26 Å². The van der Waals surface area contributed by atoms with Gasteiger partial charge in [-0.15, -0.1) is 0 Å². The molecule has 2 aliphatic rings. The third-order valence-corrected chi connectivity index (χ3v) is 5.07. The quantitative estimate of drug-likeness (QED) is 0.800. The van der Waals surface area contributed by atoms with Crippen LogP contribution in [0.15, 0.2) is 0 Å². The van der Waals surface area contributed by atoms with Crippen LogP contribution in [0.1, 0.15) is 32.6 Å². The number of fused-ring (bicyclic) bond motifs is 2. The van der Waals surface area contributed by atoms with E-state index in [9.17, 15) is 4.21 Å². The summed E-state index contributed by atoms with van der Waals surface area (Å²) in [5.74, 6) is 0.779. The summed E-state index contributed by atoms with van der Waals surface area (Å²) in [6, 6.07) is 2.61. The van der Waals surface area contributed by atoms with Crippen LogP contribution in [0, 0.1) is 0 Å². The van der Waals surface area contributed by atoms with Gasteiger partial charge in [0.2, 0.25) is 0 Å². The van der Waals surface area contributed by atoms with E-state index in [0.29, 0.717) is 12.1 Å². The van der Waals surface area contributed by atoms with Gasteiger partial charge in [0.1, 0.15) is 0 Å². The van der Waals surface area contributed by atoms with Crippen LogP contribution in [0.5, 0.6) is 0 Å². The monoisotopic (exact) mass is 244 g/mol. The zero-order valence-electron chi connectivity index (χ0n) is 10.6. The molecular weight excluding hydrogens is 220 g/mol. The van der Waals surface area contributed by atoms with Crippen LogP contribution in [0.3, 0.4) is 0 Å². The molecule has 3 nitrogen and oxygen atoms in total. The van der Waals surface area contributed by atoms with Crippen LogP contribution in [0.4, 0.5) is 0 Å². The Kier molecular flexibility index (Phi) is 4.03. The minimum atomic E-state index is -0.682. The van der Waals surface area contributed by atoms with Gasteiger partial charge in [-0.25, -0.2) is 0 Å². The third-order valence-electron chi connectivity index (χ3n) is 4.10. The molecule has 2 heterocycles. The molecule has 0 aliphatic carbocycles. The van der Waals surface area contributed by atoms with E-state index in [1.807, 2.05) is 0 Å². The van der Waals surface area contributed by atoms with Crippen molar-refractivity contribution in [3.05, 3.63) is 0 Å². The standard InChI is InChI=1S/C12H24N2OS/c1-9(8-16(3)15)13-10-6-11-4-5-12(7-10)14(11)2/h9-13H,4-8H2,1-3H3. The molecule has 2 aliphatic heterocycles. The van der Waals surface area contributed by atoms with Crippen LogP contribution in [0.2, 0.25) is 0 Å². The Bertz CT molecular complexity index is 258. The van der Waals surface area contributed by atoms with E-state index < -0.39 is 10.8 Å². The number of hydrogen-bond acceptors (Lipinski definition) is 3. The van der Waals surface area contributed by atoms with Crippen molar-refractivity contribution < 1.29 is 4.21 Å². The van der Waals surface area contributed by atoms with Gasteiger partial charge in [0.05, 0.1) is 0 Å². The first-order valence-corrected chi connectivity index (χ1v) is 8.07. The second-order valence-corrected chi connectivity index (χ2v) is 7.01. The van der Waals surface area contributed by atoms with Crippen LogP contribution >= 0.6 is 0 Å². The van der Waals surface area contributed by atoms with Gasteiger partial charge >= 0.3 is 0 Å². The zero-order valence-corrected chi connectivity index (χ0v) is 11.4. The van der Waals surface area contributed by atoms with Crippen molar-refractivity contribution in [1.29, 1.82) is 0 Å². The molecule has 1 N–H and O–H groups in total. The summed E-state index contributed by atoms with van der Waals surface area (Å²) in [4.78, 5) is 2.56. The molecule has 4 heteroatoms. The zero-order chi connectivity index (χ0) is 11.7. The minimum absolute atomic E-state index is 0.388. The highest BCUT2D eigenvalue weighted by molar-refractivity contribution is 7.84. The first-order valence-electron chi connectivity index (χ1n) is 6.34. The second-order valence-electron chi connectivity index (χ2n) is 5.53. The van der Waals surface area contributed by atoms with Gasteiger partial charge in [-0.3, -0.25) is 4.21 Å². The minimum Gasteiger partial charge on any atom is -0.310 e. The van der Waals surface area contributed by atoms with Gasteiger partial charge in [-0.2, -0.15) is 0 Å². The highest BCUT2D eigenvalue weighted by Gasteiger charge is 2.38. The Hall–Kier alpha value is 0.0700. The summed E-state index contributed by atoms with van der Waals surface area (Å²) >= 11 is 0. The van der Waals surface area contributed by atoms with E-state index in [1.165, 1.54) is 25.7 Å². The predicted molar refractivity (Wildman–Crippen MR) is 69.1 cm³/mol. The normalized spacial score (nSPS) is 38.6. The molecule has 4 atom stereocenters. The summed E-state index contributed by atoms with van der Waals surface area (Å²) in [5, 5.41) is 3.65. The lowest BCUT2D eigenvalue weighted by Gasteiger charge is -2.37. The second kappa shape index (κ2) is 5.15. The van der Waals surface area contributed by atoms with E-state index >= 15 is 0 Å². The van der Waals surface area contributed by atoms with Crippen molar-refractivity contribution in [3.63, 3.8) is 0 Å². The van der Waals surface area contributed by atoms with Crippen molar-refractivity contribution in [2.75, 3.05) is 19.1 Å². The first-order chi connectivity index (χ1) is 7.56. The smallest absolute Gasteiger partial charge is 0.0383 e. The van der Waals surface area contributed by atoms with Gasteiger partial charge < -0.3 is 10.2 Å². The molecule has 0 spiro atoms. The molecule has 2 saturated heterocycles. The molecule has 0 aromatic carbocycles. The van der Waals surface area contributed by atoms with Crippen LogP contribution < -0.4 is 5.32 Å². The van der Waals surface area contributed by atoms with Crippen LogP contribution in [0.25, 0.3) is 0 Å². The van der Waals surface area contributed by atoms with Crippen molar-refractivity contribution in [3.8, 4) is 0 Å². The maximum atomic E-state index is 11.2. The van der Waals surface area contributed by atoms with E-state index in [4.69, 9.17) is 0 Å². The Labute approximate surface area is 101 Å². The fourth-order valence-electron chi connectivity index (χ4n) is 3.35. The highest BCUT2D eigenvalue weighted by Crippen LogP contribution is 2.34. The Morgan fingerprint density at radius 3 is 2.44 bits per heavy atom. The third kappa shape index (κ3) is 2.84. The number of hydrogen-bond donors (Lipinski definition) is 1. The molecule has 0 amide bonds. The lowest BCUT2D eigenvalue weighted by Crippen LogP contribution is -2.50. The maximum absolute atomic E-state index is 11.2. The van der Waals surface area contributed by atoms with Gasteiger partial charge in [-0.1, -0.05) is 0 Å². The summed E-state index contributed by atoms with van der Waals surface area (Å²) in [6.07, 6.45) is 7.07. The van der Waals surface area contributed by atoms with Crippen LogP contribution in [-0.4, -0.2) is 52.3 Å². The molecule has 0 aromatic heterocycles. The first kappa shape index (κ1) is 12.5. The summed E-state index contributed by atoms with van der Waals surface area (Å²) in [5.41, 5.74) is 0. The fraction of sp³-hybridized carbons (Fsp3) is 1.00. The maximum Gasteiger partial charge on any atom is 0.0383 e. The molecule has 0 aromatic rings. The van der Waals surface area contributed by atoms with Gasteiger partial charge in [0.25, 0.3) is 0 Å². The van der Waals surface area contributed by atoms with Crippen molar-refractivity contribution in [2.45, 2.75) is 56.8 Å². The largest absolute Gasteiger partial charge is 0.310 e. The lowest BCUT2D eigenvalue weighted by molar-refractivity contribution is 0.145. The highest BCUT2D eigenvalue weighted by atomic mass is 32.2. The number of nitrogens with zero attached hydrogens (tertiary/aromatic N) is 1. The summed E-state index contributed by atoms with van der Waals surface area (Å²) in [7, 11) is 1.59. The van der Waals surface area contributed by atoms with Gasteiger partial charge in [0.15, 0.2) is 0 Å². The molecule has 2 rings (SSSR count). The van der Waals surface area contributed by atoms with E-state index in [2.05, 4.69) is 24.2 Å². The van der Waals surface area contributed by atoms with Crippen LogP contribution in [-0.2, 0) is 10.8 Å². The van der Waals surface area contributed by atoms with E-state index in [0.717, 1.165) is 17.8 Å². The Balaban J connectivity index is 1.82. The SMILES string of the molecule is CC(CS(C)=O)NC1CC2CCC(C1)N2C. The topological polar surface area (TPSA) is 32.3 Å². The lowest BCUT2D eigenvalue weighted by atomic mass is 9.97. The molecular formula is C12H24N2OS. The summed E-state index contributed by atoms with van der Waals surface area (Å²) in [6.45, 7) is 2.15. The number of rotatable bonds is 4. The molecule has 2 fully saturated rings. The van der Waals surface area contributed by atoms with Crippen molar-refractivity contribution >= 4 is 10.8 Å². The molecule has 16 heavy (non-hydrogen) atoms. The van der Waals surface area contributed by atoms with Crippen molar-refractivity contribution in [2.24, 2.45) is 0 Å². The Morgan fingerprint density at radius 1 is 1.38 bits per heavy atom. The molecule has 0 radical (unpaired) electrons. The summed E-state index contributed by atoms with van der Waals surface area (Å²) < 4.78 is 11.2. The molecule has 0 saturated carbocycles. The Morgan fingerprint density at radius 2 is 1.94 bits per heavy atom. The van der Waals surface area contributed by atoms with Gasteiger partial charge in [0, 0.05) is 47.0 Å². The average Bonchev–Trinajstić information content (AvgIpc) is 2.43. The average molecular weight is 244 g/mol. The number of piperidine rings is 1. The molecule has 2 bridgehead atoms. The van der Waals surface area contributed by atoms with Gasteiger partial charge in [-0.05, 0) is 39.7 Å².